The molecule has 0 unspecified atom stereocenters. The summed E-state index contributed by atoms with van der Waals surface area (Å²) in [5, 5.41) is 9.82. The first-order chi connectivity index (χ1) is 13.5. The van der Waals surface area contributed by atoms with Gasteiger partial charge in [-0.2, -0.15) is 0 Å². The summed E-state index contributed by atoms with van der Waals surface area (Å²) in [6, 6.07) is 12.2. The molecule has 0 spiro atoms. The van der Waals surface area contributed by atoms with Gasteiger partial charge in [0.2, 0.25) is 5.78 Å². The zero-order valence-electron chi connectivity index (χ0n) is 14.7. The van der Waals surface area contributed by atoms with Gasteiger partial charge in [-0.1, -0.05) is 23.7 Å². The molecule has 0 atom stereocenters. The molecule has 8 nitrogen and oxygen atoms in total. The molecule has 0 bridgehead atoms. The van der Waals surface area contributed by atoms with Crippen molar-refractivity contribution in [3.8, 4) is 0 Å². The van der Waals surface area contributed by atoms with Crippen LogP contribution < -0.4 is 11.1 Å². The molecule has 0 amide bonds. The predicted molar refractivity (Wildman–Crippen MR) is 106 cm³/mol. The zero-order chi connectivity index (χ0) is 19.4. The first-order valence-corrected chi connectivity index (χ1v) is 8.89. The van der Waals surface area contributed by atoms with Crippen LogP contribution in [0.25, 0.3) is 27.6 Å². The van der Waals surface area contributed by atoms with Gasteiger partial charge in [0.25, 0.3) is 11.1 Å². The molecule has 138 valence electrons. The summed E-state index contributed by atoms with van der Waals surface area (Å²) in [6.45, 7) is 0.150. The second kappa shape index (κ2) is 6.00. The second-order valence-electron chi connectivity index (χ2n) is 6.47. The third kappa shape index (κ3) is 2.35. The standard InChI is InChI=1S/C19H13ClN6O2/c1-24-17(27)12-4-2-3-5-15(12)26-16(22-23-19(24)26)9-25-10-21-14-7-6-11(20)8-13(14)18(25)28/h2-8,10H,9H2,1H3. The Bertz CT molecular complexity index is 1510. The number of para-hydroxylation sites is 1. The van der Waals surface area contributed by atoms with Crippen molar-refractivity contribution < 1.29 is 0 Å². The Labute approximate surface area is 162 Å². The summed E-state index contributed by atoms with van der Waals surface area (Å²) < 4.78 is 4.68. The third-order valence-corrected chi connectivity index (χ3v) is 5.03. The largest absolute Gasteiger partial charge is 0.291 e. The minimum Gasteiger partial charge on any atom is -0.291 e. The van der Waals surface area contributed by atoms with Crippen molar-refractivity contribution in [2.45, 2.75) is 6.54 Å². The molecule has 0 saturated heterocycles. The molecular weight excluding hydrogens is 380 g/mol. The van der Waals surface area contributed by atoms with Crippen LogP contribution in [-0.2, 0) is 13.6 Å². The van der Waals surface area contributed by atoms with Gasteiger partial charge < -0.3 is 0 Å². The Hall–Kier alpha value is -3.52. The maximum absolute atomic E-state index is 12.9. The fourth-order valence-corrected chi connectivity index (χ4v) is 3.56. The highest BCUT2D eigenvalue weighted by Crippen LogP contribution is 2.16. The fraction of sp³-hybridized carbons (Fsp3) is 0.105. The fourth-order valence-electron chi connectivity index (χ4n) is 3.39. The average molecular weight is 393 g/mol. The van der Waals surface area contributed by atoms with E-state index in [1.54, 1.807) is 41.8 Å². The van der Waals surface area contributed by atoms with E-state index in [9.17, 15) is 9.59 Å². The van der Waals surface area contributed by atoms with Gasteiger partial charge in [-0.25, -0.2) is 4.98 Å². The molecule has 9 heteroatoms. The van der Waals surface area contributed by atoms with Crippen LogP contribution in [0, 0.1) is 0 Å². The van der Waals surface area contributed by atoms with E-state index < -0.39 is 0 Å². The second-order valence-corrected chi connectivity index (χ2v) is 6.91. The first kappa shape index (κ1) is 16.6. The van der Waals surface area contributed by atoms with Crippen molar-refractivity contribution in [2.24, 2.45) is 7.05 Å². The summed E-state index contributed by atoms with van der Waals surface area (Å²) in [4.78, 5) is 29.8. The summed E-state index contributed by atoms with van der Waals surface area (Å²) in [6.07, 6.45) is 1.48. The zero-order valence-corrected chi connectivity index (χ0v) is 15.5. The molecule has 0 N–H and O–H groups in total. The highest BCUT2D eigenvalue weighted by molar-refractivity contribution is 6.31. The van der Waals surface area contributed by atoms with E-state index in [1.807, 2.05) is 12.1 Å². The van der Waals surface area contributed by atoms with E-state index in [4.69, 9.17) is 11.6 Å². The molecule has 0 aliphatic heterocycles. The third-order valence-electron chi connectivity index (χ3n) is 4.79. The maximum atomic E-state index is 12.9. The summed E-state index contributed by atoms with van der Waals surface area (Å²) in [5.74, 6) is 0.926. The number of nitrogens with zero attached hydrogens (tertiary/aromatic N) is 6. The van der Waals surface area contributed by atoms with Crippen LogP contribution in [0.5, 0.6) is 0 Å². The van der Waals surface area contributed by atoms with E-state index >= 15 is 0 Å². The number of fused-ring (bicyclic) bond motifs is 4. The average Bonchev–Trinajstić information content (AvgIpc) is 3.12. The Morgan fingerprint density at radius 3 is 2.68 bits per heavy atom. The predicted octanol–water partition coefficient (Wildman–Crippen LogP) is 1.99. The lowest BCUT2D eigenvalue weighted by atomic mass is 10.2. The van der Waals surface area contributed by atoms with Crippen molar-refractivity contribution in [3.63, 3.8) is 0 Å². The van der Waals surface area contributed by atoms with Gasteiger partial charge in [-0.05, 0) is 30.3 Å². The number of halogens is 1. The van der Waals surface area contributed by atoms with E-state index in [2.05, 4.69) is 15.2 Å². The van der Waals surface area contributed by atoms with Gasteiger partial charge in [0.15, 0.2) is 5.82 Å². The Balaban J connectivity index is 1.76. The Morgan fingerprint density at radius 2 is 1.82 bits per heavy atom. The molecule has 0 aliphatic carbocycles. The lowest BCUT2D eigenvalue weighted by Crippen LogP contribution is -2.23. The molecular formula is C19H13ClN6O2. The number of benzene rings is 2. The quantitative estimate of drug-likeness (QED) is 0.458. The number of aromatic nitrogens is 6. The Kier molecular flexibility index (Phi) is 3.56. The van der Waals surface area contributed by atoms with E-state index in [0.717, 1.165) is 0 Å². The molecule has 2 aromatic carbocycles. The Morgan fingerprint density at radius 1 is 1.00 bits per heavy atom. The lowest BCUT2D eigenvalue weighted by molar-refractivity contribution is 0.700. The molecule has 5 rings (SSSR count). The highest BCUT2D eigenvalue weighted by atomic mass is 35.5. The monoisotopic (exact) mass is 392 g/mol. The minimum atomic E-state index is -0.224. The van der Waals surface area contributed by atoms with Gasteiger partial charge >= 0.3 is 0 Å². The smallest absolute Gasteiger partial charge is 0.262 e. The van der Waals surface area contributed by atoms with E-state index in [0.29, 0.717) is 38.4 Å². The lowest BCUT2D eigenvalue weighted by Gasteiger charge is -2.09. The van der Waals surface area contributed by atoms with Crippen LogP contribution in [0.4, 0.5) is 0 Å². The number of hydrogen-bond donors (Lipinski definition) is 0. The SMILES string of the molecule is Cn1c(=O)c2ccccc2n2c(Cn3cnc4ccc(Cl)cc4c3=O)nnc12. The topological polar surface area (TPSA) is 87.1 Å². The van der Waals surface area contributed by atoms with Crippen LogP contribution in [0.2, 0.25) is 5.02 Å². The molecule has 28 heavy (non-hydrogen) atoms. The molecule has 0 radical (unpaired) electrons. The van der Waals surface area contributed by atoms with Crippen molar-refractivity contribution in [2.75, 3.05) is 0 Å². The van der Waals surface area contributed by atoms with Crippen molar-refractivity contribution in [1.82, 2.24) is 28.7 Å². The number of hydrogen-bond acceptors (Lipinski definition) is 5. The van der Waals surface area contributed by atoms with E-state index in [-0.39, 0.29) is 17.7 Å². The molecule has 3 heterocycles. The summed E-state index contributed by atoms with van der Waals surface area (Å²) >= 11 is 6.03. The molecule has 0 aliphatic rings. The van der Waals surface area contributed by atoms with Gasteiger partial charge in [-0.3, -0.25) is 23.1 Å². The molecule has 0 fully saturated rings. The number of aryl methyl sites for hydroxylation is 1. The van der Waals surface area contributed by atoms with Gasteiger partial charge in [0, 0.05) is 12.1 Å². The van der Waals surface area contributed by atoms with Gasteiger partial charge in [0.1, 0.15) is 0 Å². The van der Waals surface area contributed by atoms with E-state index in [1.165, 1.54) is 15.5 Å². The van der Waals surface area contributed by atoms with Crippen LogP contribution in [-0.4, -0.2) is 28.7 Å². The summed E-state index contributed by atoms with van der Waals surface area (Å²) in [5.41, 5.74) is 0.884. The summed E-state index contributed by atoms with van der Waals surface area (Å²) in [7, 11) is 1.65. The maximum Gasteiger partial charge on any atom is 0.262 e. The minimum absolute atomic E-state index is 0.150. The highest BCUT2D eigenvalue weighted by Gasteiger charge is 2.15. The van der Waals surface area contributed by atoms with Crippen LogP contribution in [0.15, 0.2) is 58.4 Å². The van der Waals surface area contributed by atoms with Gasteiger partial charge in [-0.15, -0.1) is 10.2 Å². The van der Waals surface area contributed by atoms with Crippen molar-refractivity contribution in [3.05, 3.63) is 80.3 Å². The van der Waals surface area contributed by atoms with Crippen LogP contribution >= 0.6 is 11.6 Å². The molecule has 0 saturated carbocycles. The van der Waals surface area contributed by atoms with Gasteiger partial charge in [0.05, 0.1) is 34.7 Å². The van der Waals surface area contributed by atoms with Crippen LogP contribution in [0.1, 0.15) is 5.82 Å². The first-order valence-electron chi connectivity index (χ1n) is 8.51. The number of rotatable bonds is 2. The normalized spacial score (nSPS) is 11.6. The molecule has 5 aromatic rings. The van der Waals surface area contributed by atoms with Crippen molar-refractivity contribution >= 4 is 39.2 Å². The molecule has 3 aromatic heterocycles. The van der Waals surface area contributed by atoms with Crippen LogP contribution in [0.3, 0.4) is 0 Å². The van der Waals surface area contributed by atoms with Crippen molar-refractivity contribution in [1.29, 1.82) is 0 Å².